The fraction of sp³-hybridized carbons (Fsp3) is 0.650. The highest BCUT2D eigenvalue weighted by atomic mass is 16.6. The van der Waals surface area contributed by atoms with Crippen molar-refractivity contribution >= 4 is 22.8 Å². The van der Waals surface area contributed by atoms with E-state index in [2.05, 4.69) is 26.8 Å². The van der Waals surface area contributed by atoms with E-state index in [4.69, 9.17) is 4.74 Å². The molecule has 1 aliphatic carbocycles. The fourth-order valence-corrected chi connectivity index (χ4v) is 4.49. The molecule has 1 saturated carbocycles. The molecule has 1 saturated heterocycles. The van der Waals surface area contributed by atoms with Crippen LogP contribution in [0.3, 0.4) is 0 Å². The van der Waals surface area contributed by atoms with E-state index in [9.17, 15) is 4.79 Å². The van der Waals surface area contributed by atoms with Gasteiger partial charge in [-0.05, 0) is 45.6 Å². The van der Waals surface area contributed by atoms with Crippen molar-refractivity contribution in [2.24, 2.45) is 11.3 Å². The third kappa shape index (κ3) is 2.75. The number of hydrogen-bond donors (Lipinski definition) is 1. The smallest absolute Gasteiger partial charge is 0.311 e. The van der Waals surface area contributed by atoms with Gasteiger partial charge in [-0.2, -0.15) is 0 Å². The lowest BCUT2D eigenvalue weighted by atomic mass is 9.63. The average molecular weight is 356 g/mol. The summed E-state index contributed by atoms with van der Waals surface area (Å²) in [5.74, 6) is 0.810. The lowest BCUT2D eigenvalue weighted by molar-refractivity contribution is -0.165. The number of anilines is 1. The van der Waals surface area contributed by atoms with E-state index in [-0.39, 0.29) is 17.3 Å². The van der Waals surface area contributed by atoms with Crippen molar-refractivity contribution in [3.05, 3.63) is 18.1 Å². The van der Waals surface area contributed by atoms with Gasteiger partial charge in [-0.1, -0.05) is 13.3 Å². The van der Waals surface area contributed by atoms with Gasteiger partial charge in [0, 0.05) is 24.7 Å². The number of carbonyl (C=O) groups is 1. The Morgan fingerprint density at radius 2 is 2.15 bits per heavy atom. The molecule has 1 unspecified atom stereocenters. The minimum Gasteiger partial charge on any atom is -0.460 e. The number of H-pyrrole nitrogens is 1. The van der Waals surface area contributed by atoms with Crippen molar-refractivity contribution in [2.45, 2.75) is 59.0 Å². The van der Waals surface area contributed by atoms with Gasteiger partial charge in [0.25, 0.3) is 0 Å². The minimum atomic E-state index is -0.451. The number of nitrogens with zero attached hydrogens (tertiary/aromatic N) is 3. The molecule has 2 fully saturated rings. The molecule has 26 heavy (non-hydrogen) atoms. The Balaban J connectivity index is 1.68. The van der Waals surface area contributed by atoms with Crippen LogP contribution >= 0.6 is 0 Å². The molecule has 2 aliphatic rings. The monoisotopic (exact) mass is 356 g/mol. The van der Waals surface area contributed by atoms with E-state index in [0.717, 1.165) is 42.7 Å². The van der Waals surface area contributed by atoms with Crippen LogP contribution in [0.2, 0.25) is 0 Å². The molecule has 3 heterocycles. The number of nitrogens with one attached hydrogen (secondary N) is 1. The normalized spacial score (nSPS) is 22.0. The molecule has 4 rings (SSSR count). The summed E-state index contributed by atoms with van der Waals surface area (Å²) < 4.78 is 5.75. The van der Waals surface area contributed by atoms with Crippen LogP contribution in [-0.2, 0) is 16.0 Å². The summed E-state index contributed by atoms with van der Waals surface area (Å²) in [5, 5.41) is 1.09. The van der Waals surface area contributed by atoms with Gasteiger partial charge in [-0.3, -0.25) is 4.79 Å². The van der Waals surface area contributed by atoms with Crippen molar-refractivity contribution in [2.75, 3.05) is 18.0 Å². The maximum atomic E-state index is 12.9. The van der Waals surface area contributed by atoms with Crippen LogP contribution < -0.4 is 4.90 Å². The van der Waals surface area contributed by atoms with Crippen LogP contribution in [0.25, 0.3) is 11.0 Å². The third-order valence-electron chi connectivity index (χ3n) is 5.90. The number of hydrogen-bond acceptors (Lipinski definition) is 5. The first kappa shape index (κ1) is 17.3. The molecule has 1 aliphatic heterocycles. The highest BCUT2D eigenvalue weighted by Gasteiger charge is 2.55. The van der Waals surface area contributed by atoms with Crippen LogP contribution in [-0.4, -0.2) is 39.6 Å². The van der Waals surface area contributed by atoms with E-state index < -0.39 is 5.60 Å². The molecule has 0 amide bonds. The molecule has 140 valence electrons. The molecule has 0 radical (unpaired) electrons. The summed E-state index contributed by atoms with van der Waals surface area (Å²) in [6.07, 6.45) is 7.93. The summed E-state index contributed by atoms with van der Waals surface area (Å²) in [5.41, 5.74) is 1.69. The first-order valence-electron chi connectivity index (χ1n) is 9.62. The molecule has 1 N–H and O–H groups in total. The zero-order valence-corrected chi connectivity index (χ0v) is 16.1. The van der Waals surface area contributed by atoms with Gasteiger partial charge < -0.3 is 14.6 Å². The number of rotatable bonds is 3. The third-order valence-corrected chi connectivity index (χ3v) is 5.90. The number of aromatic nitrogens is 3. The Morgan fingerprint density at radius 1 is 1.38 bits per heavy atom. The Morgan fingerprint density at radius 3 is 2.77 bits per heavy atom. The number of esters is 1. The van der Waals surface area contributed by atoms with E-state index in [0.29, 0.717) is 6.54 Å². The van der Waals surface area contributed by atoms with E-state index in [1.54, 1.807) is 6.33 Å². The second kappa shape index (κ2) is 5.96. The molecule has 0 bridgehead atoms. The molecule has 1 atom stereocenters. The predicted octanol–water partition coefficient (Wildman–Crippen LogP) is 3.47. The first-order valence-corrected chi connectivity index (χ1v) is 9.62. The maximum Gasteiger partial charge on any atom is 0.311 e. The summed E-state index contributed by atoms with van der Waals surface area (Å²) >= 11 is 0. The standard InChI is InChI=1S/C20H28N4O2/c1-5-13-9-21-16-15(13)17(23-12-22-16)24-10-14(18(25)26-19(2,3)4)20(11-24)7-6-8-20/h9,12,14H,5-8,10-11H2,1-4H3,(H,21,22,23). The Labute approximate surface area is 154 Å². The van der Waals surface area contributed by atoms with Crippen LogP contribution in [0.4, 0.5) is 5.82 Å². The van der Waals surface area contributed by atoms with Gasteiger partial charge in [0.1, 0.15) is 23.4 Å². The summed E-state index contributed by atoms with van der Waals surface area (Å²) in [6, 6.07) is 0. The number of aryl methyl sites for hydroxylation is 1. The van der Waals surface area contributed by atoms with Crippen molar-refractivity contribution < 1.29 is 9.53 Å². The van der Waals surface area contributed by atoms with E-state index >= 15 is 0 Å². The maximum absolute atomic E-state index is 12.9. The molecule has 2 aromatic rings. The lowest BCUT2D eigenvalue weighted by Crippen LogP contribution is -2.43. The highest BCUT2D eigenvalue weighted by Crippen LogP contribution is 2.53. The number of aromatic amines is 1. The van der Waals surface area contributed by atoms with Crippen molar-refractivity contribution in [3.63, 3.8) is 0 Å². The van der Waals surface area contributed by atoms with E-state index in [1.165, 1.54) is 12.0 Å². The zero-order chi connectivity index (χ0) is 18.5. The van der Waals surface area contributed by atoms with Gasteiger partial charge in [0.05, 0.1) is 11.3 Å². The zero-order valence-electron chi connectivity index (χ0n) is 16.1. The minimum absolute atomic E-state index is 0.0439. The van der Waals surface area contributed by atoms with Crippen molar-refractivity contribution in [1.29, 1.82) is 0 Å². The van der Waals surface area contributed by atoms with E-state index in [1.807, 2.05) is 27.0 Å². The van der Waals surface area contributed by atoms with Crippen LogP contribution in [0.15, 0.2) is 12.5 Å². The van der Waals surface area contributed by atoms with Gasteiger partial charge in [0.15, 0.2) is 0 Å². The van der Waals surface area contributed by atoms with Crippen molar-refractivity contribution in [3.8, 4) is 0 Å². The largest absolute Gasteiger partial charge is 0.460 e. The molecular formula is C20H28N4O2. The van der Waals surface area contributed by atoms with Crippen molar-refractivity contribution in [1.82, 2.24) is 15.0 Å². The topological polar surface area (TPSA) is 71.1 Å². The second-order valence-electron chi connectivity index (χ2n) is 8.77. The molecule has 0 aromatic carbocycles. The van der Waals surface area contributed by atoms with Crippen LogP contribution in [0.1, 0.15) is 52.5 Å². The summed E-state index contributed by atoms with van der Waals surface area (Å²) in [4.78, 5) is 27.4. The molecule has 2 aromatic heterocycles. The molecular weight excluding hydrogens is 328 g/mol. The fourth-order valence-electron chi connectivity index (χ4n) is 4.49. The lowest BCUT2D eigenvalue weighted by Gasteiger charge is -2.42. The quantitative estimate of drug-likeness (QED) is 0.853. The first-order chi connectivity index (χ1) is 12.3. The molecule has 6 nitrogen and oxygen atoms in total. The number of fused-ring (bicyclic) bond motifs is 1. The van der Waals surface area contributed by atoms with Gasteiger partial charge in [-0.15, -0.1) is 0 Å². The molecule has 1 spiro atoms. The highest BCUT2D eigenvalue weighted by molar-refractivity contribution is 5.91. The molecule has 6 heteroatoms. The second-order valence-corrected chi connectivity index (χ2v) is 8.77. The summed E-state index contributed by atoms with van der Waals surface area (Å²) in [6.45, 7) is 9.50. The average Bonchev–Trinajstić information content (AvgIpc) is 3.14. The van der Waals surface area contributed by atoms with Crippen LogP contribution in [0, 0.1) is 11.3 Å². The van der Waals surface area contributed by atoms with Crippen LogP contribution in [0.5, 0.6) is 0 Å². The van der Waals surface area contributed by atoms with Gasteiger partial charge >= 0.3 is 5.97 Å². The van der Waals surface area contributed by atoms with Gasteiger partial charge in [-0.25, -0.2) is 9.97 Å². The predicted molar refractivity (Wildman–Crippen MR) is 101 cm³/mol. The number of carbonyl (C=O) groups excluding carboxylic acids is 1. The summed E-state index contributed by atoms with van der Waals surface area (Å²) in [7, 11) is 0. The van der Waals surface area contributed by atoms with Gasteiger partial charge in [0.2, 0.25) is 0 Å². The Kier molecular flexibility index (Phi) is 3.97. The number of ether oxygens (including phenoxy) is 1. The Hall–Kier alpha value is -2.11. The Bertz CT molecular complexity index is 832. The SMILES string of the molecule is CCc1c[nH]c2ncnc(N3CC(C(=O)OC(C)(C)C)C4(CCC4)C3)c12.